The predicted molar refractivity (Wildman–Crippen MR) is 82.7 cm³/mol. The van der Waals surface area contributed by atoms with Crippen LogP contribution in [0.25, 0.3) is 0 Å². The summed E-state index contributed by atoms with van der Waals surface area (Å²) in [4.78, 5) is 2.45. The van der Waals surface area contributed by atoms with Crippen LogP contribution in [0.1, 0.15) is 45.4 Å². The topological polar surface area (TPSA) is 37.6 Å². The van der Waals surface area contributed by atoms with E-state index in [4.69, 9.17) is 9.15 Å². The molecule has 20 heavy (non-hydrogen) atoms. The van der Waals surface area contributed by atoms with Crippen LogP contribution in [0, 0.1) is 0 Å². The van der Waals surface area contributed by atoms with E-state index in [2.05, 4.69) is 44.0 Å². The molecule has 1 aromatic rings. The summed E-state index contributed by atoms with van der Waals surface area (Å²) < 4.78 is 10.8. The molecule has 0 fully saturated rings. The van der Waals surface area contributed by atoms with Crippen LogP contribution >= 0.6 is 0 Å². The van der Waals surface area contributed by atoms with Gasteiger partial charge < -0.3 is 14.5 Å². The van der Waals surface area contributed by atoms with Gasteiger partial charge in [0.1, 0.15) is 5.76 Å². The van der Waals surface area contributed by atoms with Gasteiger partial charge in [-0.25, -0.2) is 0 Å². The highest BCUT2D eigenvalue weighted by atomic mass is 16.5. The first-order valence-electron chi connectivity index (χ1n) is 7.60. The van der Waals surface area contributed by atoms with Crippen LogP contribution in [0.3, 0.4) is 0 Å². The lowest BCUT2D eigenvalue weighted by molar-refractivity contribution is 0.117. The molecule has 0 aliphatic carbocycles. The number of furan rings is 1. The van der Waals surface area contributed by atoms with Crippen molar-refractivity contribution in [3.8, 4) is 0 Å². The maximum absolute atomic E-state index is 5.61. The van der Waals surface area contributed by atoms with Gasteiger partial charge in [-0.1, -0.05) is 20.8 Å². The molecule has 1 unspecified atom stereocenters. The Labute approximate surface area is 123 Å². The molecule has 0 bridgehead atoms. The van der Waals surface area contributed by atoms with Gasteiger partial charge in [0.05, 0.1) is 19.4 Å². The maximum Gasteiger partial charge on any atom is 0.122 e. The summed E-state index contributed by atoms with van der Waals surface area (Å²) in [5, 5.41) is 3.41. The molecule has 1 atom stereocenters. The van der Waals surface area contributed by atoms with E-state index >= 15 is 0 Å². The largest absolute Gasteiger partial charge is 0.468 e. The summed E-state index contributed by atoms with van der Waals surface area (Å²) in [5.41, 5.74) is 1.27. The average molecular weight is 282 g/mol. The van der Waals surface area contributed by atoms with E-state index in [-0.39, 0.29) is 0 Å². The van der Waals surface area contributed by atoms with Gasteiger partial charge in [0.2, 0.25) is 0 Å². The van der Waals surface area contributed by atoms with E-state index in [1.165, 1.54) is 5.56 Å². The van der Waals surface area contributed by atoms with E-state index in [9.17, 15) is 0 Å². The van der Waals surface area contributed by atoms with Gasteiger partial charge in [-0.2, -0.15) is 0 Å². The van der Waals surface area contributed by atoms with Crippen LogP contribution in [-0.4, -0.2) is 37.2 Å². The first-order valence-corrected chi connectivity index (χ1v) is 7.60. The number of nitrogens with zero attached hydrogens (tertiary/aromatic N) is 1. The molecular formula is C16H30N2O2. The Balaban J connectivity index is 2.65. The minimum absolute atomic E-state index is 0.465. The van der Waals surface area contributed by atoms with Crippen molar-refractivity contribution in [1.29, 1.82) is 0 Å². The molecule has 0 saturated heterocycles. The van der Waals surface area contributed by atoms with E-state index in [0.717, 1.165) is 38.4 Å². The predicted octanol–water partition coefficient (Wildman–Crippen LogP) is 3.02. The molecule has 4 nitrogen and oxygen atoms in total. The first kappa shape index (κ1) is 17.2. The zero-order valence-corrected chi connectivity index (χ0v) is 13.6. The summed E-state index contributed by atoms with van der Waals surface area (Å²) in [6, 6.07) is 3.09. The lowest BCUT2D eigenvalue weighted by Crippen LogP contribution is -2.35. The van der Waals surface area contributed by atoms with Crippen molar-refractivity contribution >= 4 is 0 Å². The fraction of sp³-hybridized carbons (Fsp3) is 0.750. The van der Waals surface area contributed by atoms with Gasteiger partial charge in [0, 0.05) is 37.8 Å². The summed E-state index contributed by atoms with van der Waals surface area (Å²) in [6.07, 6.45) is 2.93. The van der Waals surface area contributed by atoms with E-state index in [1.54, 1.807) is 13.4 Å². The van der Waals surface area contributed by atoms with Crippen LogP contribution in [0.4, 0.5) is 0 Å². The third-order valence-corrected chi connectivity index (χ3v) is 3.68. The highest BCUT2D eigenvalue weighted by molar-refractivity contribution is 5.17. The Morgan fingerprint density at radius 1 is 1.35 bits per heavy atom. The third-order valence-electron chi connectivity index (χ3n) is 3.68. The molecule has 0 amide bonds. The SMILES string of the molecule is CCC(C)N(CCOC)Cc1ccoc1CNC(C)C. The second-order valence-corrected chi connectivity index (χ2v) is 5.63. The van der Waals surface area contributed by atoms with Gasteiger partial charge in [-0.3, -0.25) is 4.90 Å². The van der Waals surface area contributed by atoms with E-state index in [0.29, 0.717) is 12.1 Å². The Hall–Kier alpha value is -0.840. The summed E-state index contributed by atoms with van der Waals surface area (Å²) in [6.45, 7) is 12.2. The summed E-state index contributed by atoms with van der Waals surface area (Å²) in [5.74, 6) is 1.05. The van der Waals surface area contributed by atoms with E-state index < -0.39 is 0 Å². The van der Waals surface area contributed by atoms with Gasteiger partial charge in [0.25, 0.3) is 0 Å². The Morgan fingerprint density at radius 2 is 2.10 bits per heavy atom. The summed E-state index contributed by atoms with van der Waals surface area (Å²) in [7, 11) is 1.75. The minimum Gasteiger partial charge on any atom is -0.468 e. The van der Waals surface area contributed by atoms with Gasteiger partial charge in [0.15, 0.2) is 0 Å². The van der Waals surface area contributed by atoms with Crippen molar-refractivity contribution in [3.63, 3.8) is 0 Å². The molecule has 116 valence electrons. The van der Waals surface area contributed by atoms with Crippen LogP contribution in [0.15, 0.2) is 16.7 Å². The van der Waals surface area contributed by atoms with Gasteiger partial charge in [-0.15, -0.1) is 0 Å². The fourth-order valence-electron chi connectivity index (χ4n) is 2.10. The molecule has 1 heterocycles. The molecule has 0 radical (unpaired) electrons. The Morgan fingerprint density at radius 3 is 2.70 bits per heavy atom. The second-order valence-electron chi connectivity index (χ2n) is 5.63. The van der Waals surface area contributed by atoms with Crippen LogP contribution in [0.2, 0.25) is 0 Å². The standard InChI is InChI=1S/C16H30N2O2/c1-6-14(4)18(8-10-19-5)12-15-7-9-20-16(15)11-17-13(2)3/h7,9,13-14,17H,6,8,10-12H2,1-5H3. The van der Waals surface area contributed by atoms with E-state index in [1.807, 2.05) is 0 Å². The highest BCUT2D eigenvalue weighted by Crippen LogP contribution is 2.16. The number of ether oxygens (including phenoxy) is 1. The molecule has 0 spiro atoms. The molecule has 4 heteroatoms. The van der Waals surface area contributed by atoms with Crippen molar-refractivity contribution in [1.82, 2.24) is 10.2 Å². The zero-order valence-electron chi connectivity index (χ0n) is 13.6. The van der Waals surface area contributed by atoms with Crippen LogP contribution in [-0.2, 0) is 17.8 Å². The Kier molecular flexibility index (Phi) is 7.88. The number of nitrogens with one attached hydrogen (secondary N) is 1. The number of methoxy groups -OCH3 is 1. The maximum atomic E-state index is 5.61. The second kappa shape index (κ2) is 9.16. The summed E-state index contributed by atoms with van der Waals surface area (Å²) >= 11 is 0. The minimum atomic E-state index is 0.465. The molecule has 0 saturated carbocycles. The molecule has 1 aromatic heterocycles. The smallest absolute Gasteiger partial charge is 0.122 e. The highest BCUT2D eigenvalue weighted by Gasteiger charge is 2.16. The van der Waals surface area contributed by atoms with Crippen molar-refractivity contribution in [2.45, 2.75) is 59.3 Å². The number of hydrogen-bond acceptors (Lipinski definition) is 4. The molecular weight excluding hydrogens is 252 g/mol. The number of rotatable bonds is 10. The lowest BCUT2D eigenvalue weighted by atomic mass is 10.1. The fourth-order valence-corrected chi connectivity index (χ4v) is 2.10. The quantitative estimate of drug-likeness (QED) is 0.716. The Bertz CT molecular complexity index is 363. The normalized spacial score (nSPS) is 13.3. The monoisotopic (exact) mass is 282 g/mol. The van der Waals surface area contributed by atoms with Crippen molar-refractivity contribution in [2.75, 3.05) is 20.3 Å². The molecule has 1 rings (SSSR count). The molecule has 0 aliphatic rings. The van der Waals surface area contributed by atoms with Gasteiger partial charge >= 0.3 is 0 Å². The van der Waals surface area contributed by atoms with Crippen molar-refractivity contribution in [2.24, 2.45) is 0 Å². The van der Waals surface area contributed by atoms with Crippen molar-refractivity contribution in [3.05, 3.63) is 23.7 Å². The molecule has 0 aromatic carbocycles. The van der Waals surface area contributed by atoms with Crippen LogP contribution < -0.4 is 5.32 Å². The average Bonchev–Trinajstić information content (AvgIpc) is 2.87. The number of hydrogen-bond donors (Lipinski definition) is 1. The zero-order chi connectivity index (χ0) is 15.0. The first-order chi connectivity index (χ1) is 9.58. The van der Waals surface area contributed by atoms with Gasteiger partial charge in [-0.05, 0) is 19.4 Å². The molecule has 1 N–H and O–H groups in total. The molecule has 0 aliphatic heterocycles. The lowest BCUT2D eigenvalue weighted by Gasteiger charge is -2.28. The third kappa shape index (κ3) is 5.65. The van der Waals surface area contributed by atoms with Crippen LogP contribution in [0.5, 0.6) is 0 Å². The van der Waals surface area contributed by atoms with Crippen molar-refractivity contribution < 1.29 is 9.15 Å².